The lowest BCUT2D eigenvalue weighted by molar-refractivity contribution is -0.384. The normalized spacial score (nSPS) is 19.0. The van der Waals surface area contributed by atoms with Crippen molar-refractivity contribution in [3.8, 4) is 0 Å². The molecule has 2 aromatic rings. The van der Waals surface area contributed by atoms with Gasteiger partial charge in [0.1, 0.15) is 5.50 Å². The second kappa shape index (κ2) is 8.85. The quantitative estimate of drug-likeness (QED) is 0.508. The summed E-state index contributed by atoms with van der Waals surface area (Å²) in [5, 5.41) is 19.6. The second-order valence-corrected chi connectivity index (χ2v) is 7.58. The van der Waals surface area contributed by atoms with Gasteiger partial charge in [0.2, 0.25) is 5.91 Å². The molecule has 1 aliphatic heterocycles. The maximum absolute atomic E-state index is 12.3. The van der Waals surface area contributed by atoms with Gasteiger partial charge >= 0.3 is 0 Å². The van der Waals surface area contributed by atoms with Crippen LogP contribution in [0.25, 0.3) is 0 Å². The molecule has 2 unspecified atom stereocenters. The minimum atomic E-state index is -0.489. The molecule has 2 amide bonds. The number of rotatable bonds is 6. The smallest absolute Gasteiger partial charge is 0.269 e. The van der Waals surface area contributed by atoms with Gasteiger partial charge in [-0.05, 0) is 36.8 Å². The lowest BCUT2D eigenvalue weighted by Crippen LogP contribution is -2.53. The summed E-state index contributed by atoms with van der Waals surface area (Å²) in [7, 11) is 0. The number of hydrogen-bond acceptors (Lipinski definition) is 6. The van der Waals surface area contributed by atoms with Crippen LogP contribution in [0.5, 0.6) is 0 Å². The van der Waals surface area contributed by atoms with Gasteiger partial charge in [-0.15, -0.1) is 11.8 Å². The van der Waals surface area contributed by atoms with Crippen molar-refractivity contribution >= 4 is 35.0 Å². The first-order valence-electron chi connectivity index (χ1n) is 8.72. The number of amides is 2. The molecule has 0 aliphatic carbocycles. The van der Waals surface area contributed by atoms with Gasteiger partial charge in [-0.3, -0.25) is 25.0 Å². The monoisotopic (exact) mass is 400 g/mol. The predicted octanol–water partition coefficient (Wildman–Crippen LogP) is 2.86. The zero-order chi connectivity index (χ0) is 20.1. The summed E-state index contributed by atoms with van der Waals surface area (Å²) < 4.78 is 0. The Morgan fingerprint density at radius 1 is 1.21 bits per heavy atom. The van der Waals surface area contributed by atoms with E-state index in [1.807, 2.05) is 19.1 Å². The van der Waals surface area contributed by atoms with Crippen LogP contribution in [0.2, 0.25) is 0 Å². The van der Waals surface area contributed by atoms with Crippen molar-refractivity contribution in [1.82, 2.24) is 10.6 Å². The van der Waals surface area contributed by atoms with E-state index >= 15 is 0 Å². The molecule has 0 aromatic heterocycles. The van der Waals surface area contributed by atoms with Crippen molar-refractivity contribution in [1.29, 1.82) is 0 Å². The molecule has 2 aromatic carbocycles. The highest BCUT2D eigenvalue weighted by Crippen LogP contribution is 2.19. The highest BCUT2D eigenvalue weighted by molar-refractivity contribution is 7.99. The number of non-ortho nitro benzene ring substituents is 1. The van der Waals surface area contributed by atoms with Crippen molar-refractivity contribution in [2.75, 3.05) is 5.32 Å². The molecule has 3 N–H and O–H groups in total. The number of nitrogens with zero attached hydrogens (tertiary/aromatic N) is 1. The average Bonchev–Trinajstić information content (AvgIpc) is 2.66. The van der Waals surface area contributed by atoms with Crippen molar-refractivity contribution in [2.24, 2.45) is 0 Å². The molecule has 1 heterocycles. The molecule has 1 aliphatic rings. The maximum atomic E-state index is 12.3. The number of anilines is 1. The molecular weight excluding hydrogens is 380 g/mol. The van der Waals surface area contributed by atoms with Gasteiger partial charge in [-0.25, -0.2) is 0 Å². The summed E-state index contributed by atoms with van der Waals surface area (Å²) in [5.41, 5.74) is 1.86. The largest absolute Gasteiger partial charge is 0.332 e. The van der Waals surface area contributed by atoms with E-state index in [0.29, 0.717) is 23.4 Å². The van der Waals surface area contributed by atoms with Crippen molar-refractivity contribution in [2.45, 2.75) is 30.6 Å². The van der Waals surface area contributed by atoms with Gasteiger partial charge in [0.25, 0.3) is 11.6 Å². The number of carbonyl (C=O) groups is 2. The maximum Gasteiger partial charge on any atom is 0.269 e. The van der Waals surface area contributed by atoms with Crippen LogP contribution in [-0.2, 0) is 10.5 Å². The number of nitro benzene ring substituents is 1. The van der Waals surface area contributed by atoms with Crippen LogP contribution in [0.1, 0.15) is 29.3 Å². The molecule has 0 saturated carbocycles. The summed E-state index contributed by atoms with van der Waals surface area (Å²) >= 11 is 1.58. The van der Waals surface area contributed by atoms with E-state index in [0.717, 1.165) is 5.56 Å². The van der Waals surface area contributed by atoms with Crippen LogP contribution in [0.15, 0.2) is 48.5 Å². The Hall–Kier alpha value is -2.91. The fraction of sp³-hybridized carbons (Fsp3) is 0.263. The van der Waals surface area contributed by atoms with Crippen LogP contribution < -0.4 is 16.0 Å². The third-order valence-electron chi connectivity index (χ3n) is 4.19. The minimum Gasteiger partial charge on any atom is -0.332 e. The minimum absolute atomic E-state index is 0.0297. The molecule has 9 heteroatoms. The topological polar surface area (TPSA) is 113 Å². The van der Waals surface area contributed by atoms with Gasteiger partial charge in [0.15, 0.2) is 0 Å². The first kappa shape index (κ1) is 19.8. The Balaban J connectivity index is 1.53. The number of nitrogens with one attached hydrogen (secondary N) is 3. The molecule has 8 nitrogen and oxygen atoms in total. The van der Waals surface area contributed by atoms with Crippen LogP contribution in [0.4, 0.5) is 11.4 Å². The summed E-state index contributed by atoms with van der Waals surface area (Å²) in [5.74, 6) is 0.444. The van der Waals surface area contributed by atoms with Crippen molar-refractivity contribution in [3.63, 3.8) is 0 Å². The molecule has 1 fully saturated rings. The highest BCUT2D eigenvalue weighted by Gasteiger charge is 2.22. The molecule has 28 heavy (non-hydrogen) atoms. The second-order valence-electron chi connectivity index (χ2n) is 6.49. The molecule has 1 saturated heterocycles. The standard InChI is InChI=1S/C19H20N4O4S/c1-12-10-17(24)22-19(20-12)28-11-13-2-4-14(5-3-13)18(25)21-15-6-8-16(9-7-15)23(26)27/h2-9,12,19-20H,10-11H2,1H3,(H,21,25)(H,22,24). The molecule has 146 valence electrons. The summed E-state index contributed by atoms with van der Waals surface area (Å²) in [6.45, 7) is 1.98. The zero-order valence-corrected chi connectivity index (χ0v) is 16.0. The van der Waals surface area contributed by atoms with E-state index in [1.54, 1.807) is 23.9 Å². The van der Waals surface area contributed by atoms with Crippen LogP contribution in [-0.4, -0.2) is 28.3 Å². The van der Waals surface area contributed by atoms with Gasteiger partial charge < -0.3 is 10.6 Å². The van der Waals surface area contributed by atoms with Crippen LogP contribution in [0, 0.1) is 10.1 Å². The van der Waals surface area contributed by atoms with E-state index < -0.39 is 4.92 Å². The molecule has 0 spiro atoms. The number of hydrogen-bond donors (Lipinski definition) is 3. The van der Waals surface area contributed by atoms with E-state index in [-0.39, 0.29) is 29.0 Å². The first-order chi connectivity index (χ1) is 13.4. The molecule has 0 bridgehead atoms. The number of benzene rings is 2. The Labute approximate surface area is 166 Å². The van der Waals surface area contributed by atoms with Gasteiger partial charge in [0, 0.05) is 41.6 Å². The molecule has 3 rings (SSSR count). The number of thioether (sulfide) groups is 1. The lowest BCUT2D eigenvalue weighted by Gasteiger charge is -2.29. The highest BCUT2D eigenvalue weighted by atomic mass is 32.2. The average molecular weight is 400 g/mol. The van der Waals surface area contributed by atoms with Gasteiger partial charge in [-0.2, -0.15) is 0 Å². The van der Waals surface area contributed by atoms with Gasteiger partial charge in [-0.1, -0.05) is 12.1 Å². The van der Waals surface area contributed by atoms with Crippen LogP contribution in [0.3, 0.4) is 0 Å². The Morgan fingerprint density at radius 2 is 1.89 bits per heavy atom. The SMILES string of the molecule is CC1CC(=O)NC(SCc2ccc(C(=O)Nc3ccc([N+](=O)[O-])cc3)cc2)N1. The Morgan fingerprint density at radius 3 is 2.50 bits per heavy atom. The molecular formula is C19H20N4O4S. The van der Waals surface area contributed by atoms with Crippen molar-refractivity contribution in [3.05, 3.63) is 69.8 Å². The van der Waals surface area contributed by atoms with Crippen molar-refractivity contribution < 1.29 is 14.5 Å². The van der Waals surface area contributed by atoms with E-state index in [2.05, 4.69) is 16.0 Å². The summed E-state index contributed by atoms with van der Waals surface area (Å²) in [4.78, 5) is 34.1. The zero-order valence-electron chi connectivity index (χ0n) is 15.2. The summed E-state index contributed by atoms with van der Waals surface area (Å²) in [6.07, 6.45) is 0.482. The Kier molecular flexibility index (Phi) is 6.27. The van der Waals surface area contributed by atoms with Gasteiger partial charge in [0.05, 0.1) is 4.92 Å². The van der Waals surface area contributed by atoms with E-state index in [4.69, 9.17) is 0 Å². The lowest BCUT2D eigenvalue weighted by atomic mass is 10.1. The van der Waals surface area contributed by atoms with E-state index in [1.165, 1.54) is 24.3 Å². The fourth-order valence-corrected chi connectivity index (χ4v) is 3.83. The molecule has 0 radical (unpaired) electrons. The van der Waals surface area contributed by atoms with Crippen LogP contribution >= 0.6 is 11.8 Å². The summed E-state index contributed by atoms with van der Waals surface area (Å²) in [6, 6.07) is 13.0. The third kappa shape index (κ3) is 5.30. The fourth-order valence-electron chi connectivity index (χ4n) is 2.73. The number of nitro groups is 1. The van der Waals surface area contributed by atoms with E-state index in [9.17, 15) is 19.7 Å². The first-order valence-corrected chi connectivity index (χ1v) is 9.77. The number of carbonyl (C=O) groups excluding carboxylic acids is 2. The molecule has 2 atom stereocenters. The Bertz CT molecular complexity index is 871. The predicted molar refractivity (Wildman–Crippen MR) is 108 cm³/mol. The third-order valence-corrected chi connectivity index (χ3v) is 5.28.